The molecule has 7 nitrogen and oxygen atoms in total. The molecule has 158 valence electrons. The summed E-state index contributed by atoms with van der Waals surface area (Å²) >= 11 is 6.93. The van der Waals surface area contributed by atoms with E-state index in [-0.39, 0.29) is 41.9 Å². The number of esters is 1. The number of carbonyl (C=O) groups excluding carboxylic acids is 1. The Bertz CT molecular complexity index is 960. The summed E-state index contributed by atoms with van der Waals surface area (Å²) < 4.78 is 36.6. The molecule has 1 fully saturated rings. The van der Waals surface area contributed by atoms with Gasteiger partial charge in [0.2, 0.25) is 10.0 Å². The average molecular weight is 458 g/mol. The topological polar surface area (TPSA) is 89.5 Å². The highest BCUT2D eigenvalue weighted by molar-refractivity contribution is 7.89. The molecule has 10 heteroatoms. The van der Waals surface area contributed by atoms with Crippen molar-refractivity contribution in [2.45, 2.75) is 50.5 Å². The molecule has 0 aliphatic carbocycles. The molecule has 0 unspecified atom stereocenters. The number of benzene rings is 1. The van der Waals surface area contributed by atoms with Crippen molar-refractivity contribution < 1.29 is 17.9 Å². The number of sulfonamides is 1. The molecule has 0 saturated carbocycles. The van der Waals surface area contributed by atoms with Gasteiger partial charge >= 0.3 is 5.97 Å². The maximum Gasteiger partial charge on any atom is 0.309 e. The summed E-state index contributed by atoms with van der Waals surface area (Å²) in [6.07, 6.45) is 0.836. The van der Waals surface area contributed by atoms with E-state index in [0.717, 1.165) is 17.1 Å². The standard InChI is InChI=1S/C19H24ClN3O4S2/c1-19(2,3)14-4-6-15(7-5-14)29(25,26)23-10-8-13(9-11-23)18(24)27-12-16-17(20)28-22-21-16/h4-7,13H,8-12H2,1-3H3. The van der Waals surface area contributed by atoms with Crippen LogP contribution >= 0.6 is 23.1 Å². The number of hydrogen-bond donors (Lipinski definition) is 0. The van der Waals surface area contributed by atoms with E-state index in [1.165, 1.54) is 4.31 Å². The van der Waals surface area contributed by atoms with Gasteiger partial charge in [0.05, 0.1) is 10.8 Å². The van der Waals surface area contributed by atoms with Gasteiger partial charge in [-0.15, -0.1) is 5.10 Å². The lowest BCUT2D eigenvalue weighted by Crippen LogP contribution is -2.40. The van der Waals surface area contributed by atoms with Crippen molar-refractivity contribution in [3.05, 3.63) is 39.9 Å². The normalized spacial score (nSPS) is 16.7. The van der Waals surface area contributed by atoms with E-state index in [9.17, 15) is 13.2 Å². The Hall–Kier alpha value is -1.55. The molecule has 0 amide bonds. The number of halogens is 1. The minimum absolute atomic E-state index is 0.0210. The summed E-state index contributed by atoms with van der Waals surface area (Å²) in [4.78, 5) is 12.6. The minimum Gasteiger partial charge on any atom is -0.459 e. The predicted octanol–water partition coefficient (Wildman–Crippen LogP) is 3.63. The molecular weight excluding hydrogens is 434 g/mol. The van der Waals surface area contributed by atoms with Gasteiger partial charge in [-0.3, -0.25) is 4.79 Å². The molecule has 29 heavy (non-hydrogen) atoms. The molecule has 1 aliphatic rings. The maximum atomic E-state index is 12.9. The second-order valence-electron chi connectivity index (χ2n) is 8.05. The third-order valence-corrected chi connectivity index (χ3v) is 7.90. The van der Waals surface area contributed by atoms with Crippen molar-refractivity contribution in [1.29, 1.82) is 0 Å². The SMILES string of the molecule is CC(C)(C)c1ccc(S(=O)(=O)N2CCC(C(=O)OCc3nnsc3Cl)CC2)cc1. The smallest absolute Gasteiger partial charge is 0.309 e. The zero-order valence-electron chi connectivity index (χ0n) is 16.6. The van der Waals surface area contributed by atoms with Crippen molar-refractivity contribution in [2.75, 3.05) is 13.1 Å². The molecule has 0 radical (unpaired) electrons. The van der Waals surface area contributed by atoms with Crippen LogP contribution in [0, 0.1) is 5.92 Å². The van der Waals surface area contributed by atoms with Gasteiger partial charge in [-0.2, -0.15) is 4.31 Å². The fourth-order valence-electron chi connectivity index (χ4n) is 3.15. The first-order valence-corrected chi connectivity index (χ1v) is 11.9. The van der Waals surface area contributed by atoms with Gasteiger partial charge in [-0.25, -0.2) is 8.42 Å². The Morgan fingerprint density at radius 3 is 2.38 bits per heavy atom. The second-order valence-corrected chi connectivity index (χ2v) is 11.3. The number of carbonyl (C=O) groups is 1. The lowest BCUT2D eigenvalue weighted by molar-refractivity contribution is -0.151. The Balaban J connectivity index is 1.57. The summed E-state index contributed by atoms with van der Waals surface area (Å²) in [7, 11) is -3.58. The van der Waals surface area contributed by atoms with E-state index in [1.54, 1.807) is 12.1 Å². The highest BCUT2D eigenvalue weighted by Crippen LogP contribution is 2.28. The fraction of sp³-hybridized carbons (Fsp3) is 0.526. The molecule has 1 aromatic heterocycles. The highest BCUT2D eigenvalue weighted by atomic mass is 35.5. The first-order chi connectivity index (χ1) is 13.6. The predicted molar refractivity (Wildman–Crippen MR) is 111 cm³/mol. The van der Waals surface area contributed by atoms with Gasteiger partial charge < -0.3 is 4.74 Å². The van der Waals surface area contributed by atoms with E-state index in [2.05, 4.69) is 30.4 Å². The van der Waals surface area contributed by atoms with Gasteiger partial charge in [0.1, 0.15) is 16.6 Å². The molecule has 1 aliphatic heterocycles. The Morgan fingerprint density at radius 1 is 1.24 bits per heavy atom. The number of ether oxygens (including phenoxy) is 1. The maximum absolute atomic E-state index is 12.9. The van der Waals surface area contributed by atoms with Crippen LogP contribution in [0.5, 0.6) is 0 Å². The quantitative estimate of drug-likeness (QED) is 0.637. The molecule has 2 aromatic rings. The van der Waals surface area contributed by atoms with Crippen LogP contribution in [0.4, 0.5) is 0 Å². The van der Waals surface area contributed by atoms with E-state index >= 15 is 0 Å². The lowest BCUT2D eigenvalue weighted by atomic mass is 9.87. The number of aromatic nitrogens is 2. The number of piperidine rings is 1. The zero-order chi connectivity index (χ0) is 21.2. The Labute approximate surface area is 180 Å². The van der Waals surface area contributed by atoms with Crippen LogP contribution in [0.3, 0.4) is 0 Å². The molecule has 0 spiro atoms. The summed E-state index contributed by atoms with van der Waals surface area (Å²) in [5.74, 6) is -0.698. The van der Waals surface area contributed by atoms with Crippen LogP contribution < -0.4 is 0 Å². The van der Waals surface area contributed by atoms with Crippen molar-refractivity contribution >= 4 is 39.1 Å². The van der Waals surface area contributed by atoms with Crippen molar-refractivity contribution in [1.82, 2.24) is 13.9 Å². The van der Waals surface area contributed by atoms with Crippen LogP contribution in [0.15, 0.2) is 29.2 Å². The molecular formula is C19H24ClN3O4S2. The molecule has 3 rings (SSSR count). The van der Waals surface area contributed by atoms with E-state index < -0.39 is 10.0 Å². The first-order valence-electron chi connectivity index (χ1n) is 9.33. The minimum atomic E-state index is -3.58. The summed E-state index contributed by atoms with van der Waals surface area (Å²) in [5.41, 5.74) is 1.47. The van der Waals surface area contributed by atoms with Gasteiger partial charge in [0.15, 0.2) is 0 Å². The van der Waals surface area contributed by atoms with E-state index in [4.69, 9.17) is 16.3 Å². The zero-order valence-corrected chi connectivity index (χ0v) is 19.0. The number of nitrogens with zero attached hydrogens (tertiary/aromatic N) is 3. The van der Waals surface area contributed by atoms with Gasteiger partial charge in [0.25, 0.3) is 0 Å². The van der Waals surface area contributed by atoms with Crippen LogP contribution in [0.2, 0.25) is 4.34 Å². The average Bonchev–Trinajstić information content (AvgIpc) is 3.10. The lowest BCUT2D eigenvalue weighted by Gasteiger charge is -2.30. The highest BCUT2D eigenvalue weighted by Gasteiger charge is 2.33. The molecule has 2 heterocycles. The first kappa shape index (κ1) is 22.1. The van der Waals surface area contributed by atoms with Crippen LogP contribution in [-0.2, 0) is 31.6 Å². The molecule has 1 aromatic carbocycles. The summed E-state index contributed by atoms with van der Waals surface area (Å²) in [6, 6.07) is 7.02. The van der Waals surface area contributed by atoms with Gasteiger partial charge in [-0.05, 0) is 36.0 Å². The van der Waals surface area contributed by atoms with Crippen molar-refractivity contribution in [2.24, 2.45) is 5.92 Å². The fourth-order valence-corrected chi connectivity index (χ4v) is 5.22. The van der Waals surface area contributed by atoms with E-state index in [1.807, 2.05) is 12.1 Å². The van der Waals surface area contributed by atoms with E-state index in [0.29, 0.717) is 22.9 Å². The Morgan fingerprint density at radius 2 is 1.86 bits per heavy atom. The third kappa shape index (κ3) is 5.14. The molecule has 1 saturated heterocycles. The largest absolute Gasteiger partial charge is 0.459 e. The molecule has 0 N–H and O–H groups in total. The number of rotatable bonds is 5. The summed E-state index contributed by atoms with van der Waals surface area (Å²) in [5, 5.41) is 3.80. The van der Waals surface area contributed by atoms with Crippen LogP contribution in [0.25, 0.3) is 0 Å². The second kappa shape index (κ2) is 8.67. The summed E-state index contributed by atoms with van der Waals surface area (Å²) in [6.45, 7) is 6.79. The van der Waals surface area contributed by atoms with Crippen molar-refractivity contribution in [3.63, 3.8) is 0 Å². The van der Waals surface area contributed by atoms with Gasteiger partial charge in [-0.1, -0.05) is 49.0 Å². The number of hydrogen-bond acceptors (Lipinski definition) is 7. The van der Waals surface area contributed by atoms with Gasteiger partial charge in [0, 0.05) is 24.6 Å². The molecule has 0 bridgehead atoms. The molecule has 0 atom stereocenters. The van der Waals surface area contributed by atoms with Crippen LogP contribution in [0.1, 0.15) is 44.9 Å². The van der Waals surface area contributed by atoms with Crippen molar-refractivity contribution in [3.8, 4) is 0 Å². The van der Waals surface area contributed by atoms with Crippen LogP contribution in [-0.4, -0.2) is 41.4 Å². The third-order valence-electron chi connectivity index (χ3n) is 5.01. The monoisotopic (exact) mass is 457 g/mol. The Kier molecular flexibility index (Phi) is 6.62.